The second-order valence-corrected chi connectivity index (χ2v) is 4.95. The van der Waals surface area contributed by atoms with Gasteiger partial charge in [-0.15, -0.1) is 0 Å². The number of hydrogen-bond acceptors (Lipinski definition) is 3. The lowest BCUT2D eigenvalue weighted by Gasteiger charge is -2.40. The average molecular weight is 212 g/mol. The zero-order valence-corrected chi connectivity index (χ0v) is 9.52. The van der Waals surface area contributed by atoms with E-state index in [-0.39, 0.29) is 6.04 Å². The Kier molecular flexibility index (Phi) is 2.98. The van der Waals surface area contributed by atoms with Crippen LogP contribution in [0.3, 0.4) is 0 Å². The second kappa shape index (κ2) is 4.10. The summed E-state index contributed by atoms with van der Waals surface area (Å²) in [5, 5.41) is 9.23. The third-order valence-electron chi connectivity index (χ3n) is 3.71. The van der Waals surface area contributed by atoms with Crippen molar-refractivity contribution in [3.63, 3.8) is 0 Å². The molecule has 1 heterocycles. The normalized spacial score (nSPS) is 31.5. The first-order valence-electron chi connectivity index (χ1n) is 5.76. The molecule has 2 rings (SSSR count). The van der Waals surface area contributed by atoms with Crippen LogP contribution < -0.4 is 0 Å². The van der Waals surface area contributed by atoms with Gasteiger partial charge in [0.15, 0.2) is 0 Å². The van der Waals surface area contributed by atoms with Crippen LogP contribution in [0.4, 0.5) is 0 Å². The van der Waals surface area contributed by atoms with E-state index < -0.39 is 5.97 Å². The lowest BCUT2D eigenvalue weighted by atomic mass is 10.1. The van der Waals surface area contributed by atoms with Gasteiger partial charge in [-0.3, -0.25) is 9.69 Å². The predicted octanol–water partition coefficient (Wildman–Crippen LogP) is 0.485. The number of nitrogens with zero attached hydrogens (tertiary/aromatic N) is 2. The number of rotatable bonds is 3. The highest BCUT2D eigenvalue weighted by Gasteiger charge is 2.41. The fourth-order valence-electron chi connectivity index (χ4n) is 2.40. The minimum absolute atomic E-state index is 0.221. The van der Waals surface area contributed by atoms with Gasteiger partial charge >= 0.3 is 5.97 Å². The number of carbonyl (C=O) groups is 1. The molecule has 2 unspecified atom stereocenters. The molecule has 2 fully saturated rings. The molecule has 0 spiro atoms. The number of piperazine rings is 1. The molecule has 86 valence electrons. The summed E-state index contributed by atoms with van der Waals surface area (Å²) >= 11 is 0. The topological polar surface area (TPSA) is 43.8 Å². The fraction of sp³-hybridized carbons (Fsp3) is 0.909. The number of likely N-dealkylation sites (N-methyl/N-ethyl adjacent to an activating group) is 1. The molecule has 0 aromatic carbocycles. The minimum atomic E-state index is -0.630. The van der Waals surface area contributed by atoms with Crippen molar-refractivity contribution in [2.45, 2.75) is 31.8 Å². The summed E-state index contributed by atoms with van der Waals surface area (Å²) in [4.78, 5) is 15.7. The van der Waals surface area contributed by atoms with Gasteiger partial charge in [0.25, 0.3) is 0 Å². The molecule has 4 nitrogen and oxygen atoms in total. The van der Waals surface area contributed by atoms with Crippen molar-refractivity contribution in [2.75, 3.05) is 26.7 Å². The number of aliphatic carboxylic acids is 1. The summed E-state index contributed by atoms with van der Waals surface area (Å²) in [6.45, 7) is 4.94. The van der Waals surface area contributed by atoms with Crippen LogP contribution in [0, 0.1) is 5.92 Å². The first kappa shape index (κ1) is 10.9. The average Bonchev–Trinajstić information content (AvgIpc) is 2.95. The standard InChI is InChI=1S/C11H20N2O2/c1-8-7-13(6-5-12(8)2)10(11(14)15)9-3-4-9/h8-10H,3-7H2,1-2H3,(H,14,15). The maximum atomic E-state index is 11.2. The van der Waals surface area contributed by atoms with Crippen LogP contribution in [0.2, 0.25) is 0 Å². The molecule has 0 amide bonds. The Morgan fingerprint density at radius 1 is 1.40 bits per heavy atom. The van der Waals surface area contributed by atoms with E-state index >= 15 is 0 Å². The number of carboxylic acids is 1. The third-order valence-corrected chi connectivity index (χ3v) is 3.71. The van der Waals surface area contributed by atoms with Gasteiger partial charge in [0.2, 0.25) is 0 Å². The van der Waals surface area contributed by atoms with E-state index in [4.69, 9.17) is 0 Å². The molecule has 2 aliphatic rings. The van der Waals surface area contributed by atoms with Gasteiger partial charge in [-0.1, -0.05) is 0 Å². The van der Waals surface area contributed by atoms with Crippen molar-refractivity contribution in [3.05, 3.63) is 0 Å². The maximum Gasteiger partial charge on any atom is 0.321 e. The Bertz CT molecular complexity index is 253. The van der Waals surface area contributed by atoms with Crippen LogP contribution in [0.5, 0.6) is 0 Å². The maximum absolute atomic E-state index is 11.2. The minimum Gasteiger partial charge on any atom is -0.480 e. The molecule has 1 aliphatic carbocycles. The molecule has 0 bridgehead atoms. The van der Waals surface area contributed by atoms with E-state index in [0.29, 0.717) is 12.0 Å². The zero-order chi connectivity index (χ0) is 11.0. The molecule has 0 aromatic heterocycles. The summed E-state index contributed by atoms with van der Waals surface area (Å²) in [6, 6.07) is 0.250. The summed E-state index contributed by atoms with van der Waals surface area (Å²) in [5.74, 6) is -0.215. The van der Waals surface area contributed by atoms with Gasteiger partial charge in [-0.2, -0.15) is 0 Å². The summed E-state index contributed by atoms with van der Waals surface area (Å²) in [6.07, 6.45) is 2.19. The molecule has 0 radical (unpaired) electrons. The van der Waals surface area contributed by atoms with Crippen LogP contribution in [-0.4, -0.2) is 59.6 Å². The Hall–Kier alpha value is -0.610. The molecule has 1 saturated carbocycles. The SMILES string of the molecule is CC1CN(C(C(=O)O)C2CC2)CCN1C. The Labute approximate surface area is 90.9 Å². The quantitative estimate of drug-likeness (QED) is 0.739. The van der Waals surface area contributed by atoms with Gasteiger partial charge in [0.1, 0.15) is 6.04 Å². The van der Waals surface area contributed by atoms with Crippen molar-refractivity contribution >= 4 is 5.97 Å². The smallest absolute Gasteiger partial charge is 0.321 e. The lowest BCUT2D eigenvalue weighted by molar-refractivity contribution is -0.145. The number of hydrogen-bond donors (Lipinski definition) is 1. The Balaban J connectivity index is 1.99. The van der Waals surface area contributed by atoms with E-state index in [1.165, 1.54) is 0 Å². The van der Waals surface area contributed by atoms with E-state index in [0.717, 1.165) is 32.5 Å². The largest absolute Gasteiger partial charge is 0.480 e. The lowest BCUT2D eigenvalue weighted by Crippen LogP contribution is -2.56. The predicted molar refractivity (Wildman–Crippen MR) is 57.8 cm³/mol. The van der Waals surface area contributed by atoms with E-state index in [2.05, 4.69) is 23.8 Å². The molecule has 4 heteroatoms. The van der Waals surface area contributed by atoms with E-state index in [1.54, 1.807) is 0 Å². The highest BCUT2D eigenvalue weighted by Crippen LogP contribution is 2.36. The highest BCUT2D eigenvalue weighted by molar-refractivity contribution is 5.74. The molecule has 2 atom stereocenters. The fourth-order valence-corrected chi connectivity index (χ4v) is 2.40. The molecule has 1 N–H and O–H groups in total. The van der Waals surface area contributed by atoms with E-state index in [9.17, 15) is 9.90 Å². The molecule has 0 aromatic rings. The van der Waals surface area contributed by atoms with Crippen molar-refractivity contribution in [3.8, 4) is 0 Å². The second-order valence-electron chi connectivity index (χ2n) is 4.95. The zero-order valence-electron chi connectivity index (χ0n) is 9.52. The Morgan fingerprint density at radius 2 is 2.07 bits per heavy atom. The van der Waals surface area contributed by atoms with Gasteiger partial charge in [0.05, 0.1) is 0 Å². The Morgan fingerprint density at radius 3 is 2.53 bits per heavy atom. The first-order chi connectivity index (χ1) is 7.09. The monoisotopic (exact) mass is 212 g/mol. The summed E-state index contributed by atoms with van der Waals surface area (Å²) in [5.41, 5.74) is 0. The van der Waals surface area contributed by atoms with Crippen LogP contribution in [-0.2, 0) is 4.79 Å². The third kappa shape index (κ3) is 2.32. The molecular formula is C11H20N2O2. The summed E-state index contributed by atoms with van der Waals surface area (Å²) in [7, 11) is 2.11. The van der Waals surface area contributed by atoms with Crippen LogP contribution in [0.15, 0.2) is 0 Å². The summed E-state index contributed by atoms with van der Waals surface area (Å²) < 4.78 is 0. The first-order valence-corrected chi connectivity index (χ1v) is 5.76. The van der Waals surface area contributed by atoms with Crippen LogP contribution >= 0.6 is 0 Å². The van der Waals surface area contributed by atoms with E-state index in [1.807, 2.05) is 0 Å². The van der Waals surface area contributed by atoms with Crippen molar-refractivity contribution in [1.82, 2.24) is 9.80 Å². The van der Waals surface area contributed by atoms with Crippen molar-refractivity contribution in [1.29, 1.82) is 0 Å². The van der Waals surface area contributed by atoms with Crippen LogP contribution in [0.25, 0.3) is 0 Å². The highest BCUT2D eigenvalue weighted by atomic mass is 16.4. The van der Waals surface area contributed by atoms with Gasteiger partial charge in [-0.05, 0) is 32.7 Å². The van der Waals surface area contributed by atoms with Crippen molar-refractivity contribution in [2.24, 2.45) is 5.92 Å². The molecule has 15 heavy (non-hydrogen) atoms. The molecule has 1 saturated heterocycles. The van der Waals surface area contributed by atoms with Crippen LogP contribution in [0.1, 0.15) is 19.8 Å². The number of carboxylic acid groups (broad SMARTS) is 1. The molecular weight excluding hydrogens is 192 g/mol. The van der Waals surface area contributed by atoms with Crippen molar-refractivity contribution < 1.29 is 9.90 Å². The van der Waals surface area contributed by atoms with Gasteiger partial charge in [-0.25, -0.2) is 0 Å². The molecule has 1 aliphatic heterocycles. The van der Waals surface area contributed by atoms with Gasteiger partial charge in [0, 0.05) is 25.7 Å². The van der Waals surface area contributed by atoms with Gasteiger partial charge < -0.3 is 10.0 Å².